The second-order valence-electron chi connectivity index (χ2n) is 5.35. The van der Waals surface area contributed by atoms with Gasteiger partial charge in [-0.25, -0.2) is 9.98 Å². The van der Waals surface area contributed by atoms with Crippen LogP contribution in [0.2, 0.25) is 0 Å². The second kappa shape index (κ2) is 5.94. The van der Waals surface area contributed by atoms with Crippen molar-refractivity contribution in [2.75, 3.05) is 7.11 Å². The van der Waals surface area contributed by atoms with Crippen LogP contribution in [0.25, 0.3) is 21.0 Å². The molecule has 0 atom stereocenters. The number of thiazole rings is 1. The van der Waals surface area contributed by atoms with Crippen LogP contribution in [0.5, 0.6) is 11.5 Å². The van der Waals surface area contributed by atoms with Gasteiger partial charge in [0.2, 0.25) is 5.13 Å². The molecule has 4 aromatic rings. The number of hydrogen-bond donors (Lipinski definition) is 1. The number of aromatic nitrogens is 1. The summed E-state index contributed by atoms with van der Waals surface area (Å²) in [4.78, 5) is 8.91. The third-order valence-electron chi connectivity index (χ3n) is 3.79. The zero-order valence-corrected chi connectivity index (χ0v) is 13.7. The molecule has 1 aromatic heterocycles. The molecule has 0 fully saturated rings. The summed E-state index contributed by atoms with van der Waals surface area (Å²) in [6.07, 6.45) is 1.65. The predicted molar refractivity (Wildman–Crippen MR) is 99.0 cm³/mol. The van der Waals surface area contributed by atoms with E-state index in [0.29, 0.717) is 10.7 Å². The summed E-state index contributed by atoms with van der Waals surface area (Å²) in [6, 6.07) is 17.3. The van der Waals surface area contributed by atoms with Gasteiger partial charge >= 0.3 is 0 Å². The van der Waals surface area contributed by atoms with Crippen molar-refractivity contribution in [3.05, 3.63) is 60.2 Å². The van der Waals surface area contributed by atoms with Gasteiger partial charge in [0.05, 0.1) is 17.3 Å². The van der Waals surface area contributed by atoms with E-state index >= 15 is 0 Å². The van der Waals surface area contributed by atoms with Crippen molar-refractivity contribution in [1.29, 1.82) is 0 Å². The predicted octanol–water partition coefficient (Wildman–Crippen LogP) is 4.91. The fraction of sp³-hybridized carbons (Fsp3) is 0.0526. The standard InChI is InChI=1S/C19H14N2O2S/c1-23-15-6-7-18-16(10-15)21-19(24-18)20-11-14-8-12-4-2-3-5-13(12)9-17(14)22/h2-11,22H,1H3. The molecule has 0 saturated heterocycles. The van der Waals surface area contributed by atoms with Crippen molar-refractivity contribution in [2.24, 2.45) is 4.99 Å². The summed E-state index contributed by atoms with van der Waals surface area (Å²) in [6.45, 7) is 0. The van der Waals surface area contributed by atoms with Crippen molar-refractivity contribution >= 4 is 43.7 Å². The van der Waals surface area contributed by atoms with E-state index in [-0.39, 0.29) is 5.75 Å². The second-order valence-corrected chi connectivity index (χ2v) is 6.36. The Hall–Kier alpha value is -2.92. The fourth-order valence-electron chi connectivity index (χ4n) is 2.55. The van der Waals surface area contributed by atoms with Gasteiger partial charge in [0.25, 0.3) is 0 Å². The van der Waals surface area contributed by atoms with Gasteiger partial charge < -0.3 is 9.84 Å². The lowest BCUT2D eigenvalue weighted by Gasteiger charge is -2.02. The summed E-state index contributed by atoms with van der Waals surface area (Å²) >= 11 is 1.50. The maximum absolute atomic E-state index is 10.2. The van der Waals surface area contributed by atoms with E-state index in [1.54, 1.807) is 19.4 Å². The van der Waals surface area contributed by atoms with Crippen LogP contribution in [0.15, 0.2) is 59.6 Å². The molecule has 4 nitrogen and oxygen atoms in total. The third-order valence-corrected chi connectivity index (χ3v) is 4.74. The number of benzene rings is 3. The molecule has 0 aliphatic carbocycles. The minimum atomic E-state index is 0.209. The highest BCUT2D eigenvalue weighted by molar-refractivity contribution is 7.22. The number of phenols is 1. The van der Waals surface area contributed by atoms with E-state index in [2.05, 4.69) is 9.98 Å². The quantitative estimate of drug-likeness (QED) is 0.541. The average Bonchev–Trinajstić information content (AvgIpc) is 3.01. The Morgan fingerprint density at radius 1 is 1.08 bits per heavy atom. The third kappa shape index (κ3) is 2.70. The van der Waals surface area contributed by atoms with Crippen molar-refractivity contribution in [2.45, 2.75) is 0 Å². The van der Waals surface area contributed by atoms with Gasteiger partial charge in [-0.15, -0.1) is 0 Å². The smallest absolute Gasteiger partial charge is 0.210 e. The van der Waals surface area contributed by atoms with Gasteiger partial charge in [-0.2, -0.15) is 0 Å². The molecule has 0 saturated carbocycles. The minimum absolute atomic E-state index is 0.209. The van der Waals surface area contributed by atoms with Gasteiger partial charge in [0.15, 0.2) is 0 Å². The van der Waals surface area contributed by atoms with Gasteiger partial charge in [0.1, 0.15) is 11.5 Å². The number of hydrogen-bond acceptors (Lipinski definition) is 5. The first kappa shape index (κ1) is 14.7. The molecule has 4 rings (SSSR count). The van der Waals surface area contributed by atoms with Crippen LogP contribution >= 0.6 is 11.3 Å². The number of ether oxygens (including phenoxy) is 1. The zero-order chi connectivity index (χ0) is 16.5. The maximum atomic E-state index is 10.2. The van der Waals surface area contributed by atoms with Crippen molar-refractivity contribution < 1.29 is 9.84 Å². The molecule has 0 amide bonds. The Morgan fingerprint density at radius 2 is 1.88 bits per heavy atom. The molecule has 0 aliphatic heterocycles. The van der Waals surface area contributed by atoms with Gasteiger partial charge in [-0.1, -0.05) is 35.6 Å². The molecule has 0 spiro atoms. The lowest BCUT2D eigenvalue weighted by Crippen LogP contribution is -1.83. The van der Waals surface area contributed by atoms with E-state index in [4.69, 9.17) is 4.74 Å². The van der Waals surface area contributed by atoms with E-state index in [0.717, 1.165) is 26.7 Å². The molecular formula is C19H14N2O2S. The highest BCUT2D eigenvalue weighted by Gasteiger charge is 2.05. The monoisotopic (exact) mass is 334 g/mol. The van der Waals surface area contributed by atoms with Crippen LogP contribution in [0, 0.1) is 0 Å². The number of fused-ring (bicyclic) bond motifs is 2. The Balaban J connectivity index is 1.70. The molecule has 5 heteroatoms. The lowest BCUT2D eigenvalue weighted by atomic mass is 10.1. The van der Waals surface area contributed by atoms with E-state index in [1.807, 2.05) is 48.5 Å². The Bertz CT molecular complexity index is 1070. The fourth-order valence-corrected chi connectivity index (χ4v) is 3.34. The van der Waals surface area contributed by atoms with Crippen LogP contribution in [-0.4, -0.2) is 23.4 Å². The molecule has 118 valence electrons. The molecule has 0 radical (unpaired) electrons. The summed E-state index contributed by atoms with van der Waals surface area (Å²) in [5.74, 6) is 0.982. The van der Waals surface area contributed by atoms with Gasteiger partial charge in [-0.3, -0.25) is 0 Å². The topological polar surface area (TPSA) is 54.7 Å². The van der Waals surface area contributed by atoms with E-state index in [1.165, 1.54) is 11.3 Å². The Morgan fingerprint density at radius 3 is 2.67 bits per heavy atom. The minimum Gasteiger partial charge on any atom is -0.507 e. The highest BCUT2D eigenvalue weighted by Crippen LogP contribution is 2.31. The largest absolute Gasteiger partial charge is 0.507 e. The SMILES string of the molecule is COc1ccc2sc(N=Cc3cc4ccccc4cc3O)nc2c1. The van der Waals surface area contributed by atoms with Crippen LogP contribution in [0.4, 0.5) is 5.13 Å². The molecule has 1 heterocycles. The summed E-state index contributed by atoms with van der Waals surface area (Å²) in [7, 11) is 1.63. The highest BCUT2D eigenvalue weighted by atomic mass is 32.1. The zero-order valence-electron chi connectivity index (χ0n) is 12.9. The normalized spacial score (nSPS) is 11.5. The molecule has 1 N–H and O–H groups in total. The maximum Gasteiger partial charge on any atom is 0.210 e. The average molecular weight is 334 g/mol. The molecular weight excluding hydrogens is 320 g/mol. The van der Waals surface area contributed by atoms with Crippen LogP contribution in [-0.2, 0) is 0 Å². The van der Waals surface area contributed by atoms with E-state index < -0.39 is 0 Å². The lowest BCUT2D eigenvalue weighted by molar-refractivity contribution is 0.415. The number of methoxy groups -OCH3 is 1. The first-order valence-electron chi connectivity index (χ1n) is 7.43. The van der Waals surface area contributed by atoms with Crippen molar-refractivity contribution in [3.8, 4) is 11.5 Å². The van der Waals surface area contributed by atoms with Gasteiger partial charge in [0, 0.05) is 17.8 Å². The molecule has 3 aromatic carbocycles. The Labute approximate surface area is 142 Å². The van der Waals surface area contributed by atoms with E-state index in [9.17, 15) is 5.11 Å². The number of nitrogens with zero attached hydrogens (tertiary/aromatic N) is 2. The number of aliphatic imine (C=N–C) groups is 1. The van der Waals surface area contributed by atoms with Crippen molar-refractivity contribution in [1.82, 2.24) is 4.98 Å². The molecule has 0 bridgehead atoms. The molecule has 0 unspecified atom stereocenters. The van der Waals surface area contributed by atoms with Crippen LogP contribution in [0.1, 0.15) is 5.56 Å². The summed E-state index contributed by atoms with van der Waals surface area (Å²) < 4.78 is 6.26. The Kier molecular flexibility index (Phi) is 3.63. The van der Waals surface area contributed by atoms with Crippen LogP contribution in [0.3, 0.4) is 0 Å². The van der Waals surface area contributed by atoms with Crippen LogP contribution < -0.4 is 4.74 Å². The molecule has 24 heavy (non-hydrogen) atoms. The van der Waals surface area contributed by atoms with Crippen molar-refractivity contribution in [3.63, 3.8) is 0 Å². The summed E-state index contributed by atoms with van der Waals surface area (Å²) in [5, 5.41) is 12.9. The van der Waals surface area contributed by atoms with Gasteiger partial charge in [-0.05, 0) is 35.0 Å². The number of aromatic hydroxyl groups is 1. The number of rotatable bonds is 3. The number of phenolic OH excluding ortho intramolecular Hbond substituents is 1. The first-order valence-corrected chi connectivity index (χ1v) is 8.25. The molecule has 0 aliphatic rings. The summed E-state index contributed by atoms with van der Waals surface area (Å²) in [5.41, 5.74) is 1.53. The first-order chi connectivity index (χ1) is 11.7.